The van der Waals surface area contributed by atoms with Crippen molar-refractivity contribution >= 4 is 17.7 Å². The zero-order valence-electron chi connectivity index (χ0n) is 9.77. The molecule has 0 bridgehead atoms. The molecule has 0 saturated carbocycles. The van der Waals surface area contributed by atoms with Crippen LogP contribution in [-0.4, -0.2) is 41.6 Å². The van der Waals surface area contributed by atoms with E-state index >= 15 is 0 Å². The number of nitro groups is 1. The highest BCUT2D eigenvalue weighted by Gasteiger charge is 2.28. The molecule has 0 unspecified atom stereocenters. The van der Waals surface area contributed by atoms with Crippen molar-refractivity contribution in [2.45, 2.75) is 0 Å². The number of cyclic esters (lactones) is 1. The van der Waals surface area contributed by atoms with Crippen molar-refractivity contribution in [3.05, 3.63) is 34.4 Å². The van der Waals surface area contributed by atoms with Crippen LogP contribution < -0.4 is 4.74 Å². The topological polar surface area (TPSA) is 99.0 Å². The summed E-state index contributed by atoms with van der Waals surface area (Å²) in [4.78, 5) is 33.6. The third-order valence-corrected chi connectivity index (χ3v) is 2.47. The molecule has 1 aliphatic heterocycles. The molecule has 0 aromatic heterocycles. The fourth-order valence-corrected chi connectivity index (χ4v) is 1.51. The van der Waals surface area contributed by atoms with Gasteiger partial charge in [0, 0.05) is 12.1 Å². The molecule has 1 aromatic rings. The molecule has 19 heavy (non-hydrogen) atoms. The average Bonchev–Trinajstić information content (AvgIpc) is 2.83. The standard InChI is InChI=1S/C11H10N2O6/c14-10(12-5-6-18-11(12)15)7-19-9-3-1-8(2-4-9)13(16)17/h1-4H,5-7H2. The fourth-order valence-electron chi connectivity index (χ4n) is 1.51. The second kappa shape index (κ2) is 5.34. The second-order valence-corrected chi connectivity index (χ2v) is 3.70. The summed E-state index contributed by atoms with van der Waals surface area (Å²) in [5.74, 6) is -0.202. The predicted octanol–water partition coefficient (Wildman–Crippen LogP) is 0.952. The smallest absolute Gasteiger partial charge is 0.416 e. The molecule has 2 amide bonds. The molecule has 8 heteroatoms. The first-order valence-corrected chi connectivity index (χ1v) is 5.42. The maximum Gasteiger partial charge on any atom is 0.416 e. The van der Waals surface area contributed by atoms with Crippen LogP contribution in [-0.2, 0) is 9.53 Å². The minimum absolute atomic E-state index is 0.0678. The van der Waals surface area contributed by atoms with E-state index in [-0.39, 0.29) is 25.4 Å². The Balaban J connectivity index is 1.89. The van der Waals surface area contributed by atoms with Crippen LogP contribution in [0.4, 0.5) is 10.5 Å². The van der Waals surface area contributed by atoms with Gasteiger partial charge in [0.2, 0.25) is 0 Å². The van der Waals surface area contributed by atoms with E-state index in [0.717, 1.165) is 4.90 Å². The number of carbonyl (C=O) groups excluding carboxylic acids is 2. The lowest BCUT2D eigenvalue weighted by Gasteiger charge is -2.11. The van der Waals surface area contributed by atoms with Gasteiger partial charge in [0.1, 0.15) is 12.4 Å². The monoisotopic (exact) mass is 266 g/mol. The average molecular weight is 266 g/mol. The van der Waals surface area contributed by atoms with Crippen molar-refractivity contribution in [1.82, 2.24) is 4.90 Å². The van der Waals surface area contributed by atoms with Gasteiger partial charge in [-0.3, -0.25) is 14.9 Å². The van der Waals surface area contributed by atoms with Crippen LogP contribution in [0.3, 0.4) is 0 Å². The van der Waals surface area contributed by atoms with Crippen molar-refractivity contribution in [3.63, 3.8) is 0 Å². The summed E-state index contributed by atoms with van der Waals surface area (Å²) < 4.78 is 9.76. The summed E-state index contributed by atoms with van der Waals surface area (Å²) in [6.45, 7) is 0.0658. The zero-order chi connectivity index (χ0) is 13.8. The van der Waals surface area contributed by atoms with E-state index in [0.29, 0.717) is 5.75 Å². The first-order chi connectivity index (χ1) is 9.08. The molecule has 0 aliphatic carbocycles. The Morgan fingerprint density at radius 2 is 2.11 bits per heavy atom. The molecule has 1 aliphatic rings. The largest absolute Gasteiger partial charge is 0.484 e. The summed E-state index contributed by atoms with van der Waals surface area (Å²) >= 11 is 0. The summed E-state index contributed by atoms with van der Waals surface area (Å²) in [7, 11) is 0. The zero-order valence-corrected chi connectivity index (χ0v) is 9.77. The van der Waals surface area contributed by atoms with E-state index in [4.69, 9.17) is 4.74 Å². The normalized spacial score (nSPS) is 14.1. The van der Waals surface area contributed by atoms with Crippen LogP contribution >= 0.6 is 0 Å². The van der Waals surface area contributed by atoms with E-state index < -0.39 is 16.9 Å². The Labute approximate surface area is 107 Å². The van der Waals surface area contributed by atoms with Crippen molar-refractivity contribution < 1.29 is 24.0 Å². The van der Waals surface area contributed by atoms with Crippen molar-refractivity contribution in [3.8, 4) is 5.75 Å². The van der Waals surface area contributed by atoms with Gasteiger partial charge in [-0.05, 0) is 12.1 Å². The van der Waals surface area contributed by atoms with Gasteiger partial charge in [-0.25, -0.2) is 9.69 Å². The SMILES string of the molecule is O=C(COc1ccc([N+](=O)[O-])cc1)N1CCOC1=O. The van der Waals surface area contributed by atoms with Gasteiger partial charge < -0.3 is 9.47 Å². The maximum atomic E-state index is 11.6. The van der Waals surface area contributed by atoms with Gasteiger partial charge in [-0.2, -0.15) is 0 Å². The second-order valence-electron chi connectivity index (χ2n) is 3.70. The molecule has 0 atom stereocenters. The van der Waals surface area contributed by atoms with Gasteiger partial charge >= 0.3 is 6.09 Å². The van der Waals surface area contributed by atoms with Crippen LogP contribution in [0.5, 0.6) is 5.75 Å². The Morgan fingerprint density at radius 1 is 1.42 bits per heavy atom. The van der Waals surface area contributed by atoms with Crippen molar-refractivity contribution in [2.24, 2.45) is 0 Å². The van der Waals surface area contributed by atoms with Crippen LogP contribution in [0.15, 0.2) is 24.3 Å². The first kappa shape index (κ1) is 12.8. The van der Waals surface area contributed by atoms with E-state index in [1.165, 1.54) is 24.3 Å². The molecule has 0 N–H and O–H groups in total. The van der Waals surface area contributed by atoms with Crippen LogP contribution in [0, 0.1) is 10.1 Å². The number of imide groups is 1. The van der Waals surface area contributed by atoms with Gasteiger partial charge in [-0.1, -0.05) is 0 Å². The number of ether oxygens (including phenoxy) is 2. The highest BCUT2D eigenvalue weighted by Crippen LogP contribution is 2.17. The Morgan fingerprint density at radius 3 is 2.63 bits per heavy atom. The van der Waals surface area contributed by atoms with Gasteiger partial charge in [0.05, 0.1) is 11.5 Å². The third kappa shape index (κ3) is 2.97. The van der Waals surface area contributed by atoms with Crippen molar-refractivity contribution in [1.29, 1.82) is 0 Å². The first-order valence-electron chi connectivity index (χ1n) is 5.42. The van der Waals surface area contributed by atoms with Gasteiger partial charge in [0.15, 0.2) is 6.61 Å². The summed E-state index contributed by atoms with van der Waals surface area (Å²) in [5, 5.41) is 10.4. The number of hydrogen-bond donors (Lipinski definition) is 0. The van der Waals surface area contributed by atoms with Crippen LogP contribution in [0.1, 0.15) is 0 Å². The molecular weight excluding hydrogens is 256 g/mol. The van der Waals surface area contributed by atoms with Gasteiger partial charge in [0.25, 0.3) is 11.6 Å². The maximum absolute atomic E-state index is 11.6. The molecule has 1 saturated heterocycles. The third-order valence-electron chi connectivity index (χ3n) is 2.47. The number of carbonyl (C=O) groups is 2. The number of hydrogen-bond acceptors (Lipinski definition) is 6. The summed E-state index contributed by atoms with van der Waals surface area (Å²) in [5.41, 5.74) is -0.0678. The summed E-state index contributed by atoms with van der Waals surface area (Å²) in [6.07, 6.45) is -0.683. The summed E-state index contributed by atoms with van der Waals surface area (Å²) in [6, 6.07) is 5.30. The highest BCUT2D eigenvalue weighted by molar-refractivity contribution is 5.93. The number of rotatable bonds is 4. The number of amides is 2. The van der Waals surface area contributed by atoms with Gasteiger partial charge in [-0.15, -0.1) is 0 Å². The Kier molecular flexibility index (Phi) is 3.60. The van der Waals surface area contributed by atoms with Crippen LogP contribution in [0.2, 0.25) is 0 Å². The van der Waals surface area contributed by atoms with E-state index in [1.807, 2.05) is 0 Å². The Hall–Kier alpha value is -2.64. The van der Waals surface area contributed by atoms with E-state index in [1.54, 1.807) is 0 Å². The number of nitrogens with zero attached hydrogens (tertiary/aromatic N) is 2. The van der Waals surface area contributed by atoms with Crippen molar-refractivity contribution in [2.75, 3.05) is 19.8 Å². The lowest BCUT2D eigenvalue weighted by molar-refractivity contribution is -0.384. The predicted molar refractivity (Wildman–Crippen MR) is 61.7 cm³/mol. The minimum Gasteiger partial charge on any atom is -0.484 e. The quantitative estimate of drug-likeness (QED) is 0.594. The molecule has 1 heterocycles. The fraction of sp³-hybridized carbons (Fsp3) is 0.273. The lowest BCUT2D eigenvalue weighted by atomic mass is 10.3. The number of benzene rings is 1. The Bertz CT molecular complexity index is 512. The lowest BCUT2D eigenvalue weighted by Crippen LogP contribution is -2.35. The number of non-ortho nitro benzene ring substituents is 1. The molecule has 0 spiro atoms. The molecule has 0 radical (unpaired) electrons. The minimum atomic E-state index is -0.683. The molecule has 1 fully saturated rings. The molecule has 100 valence electrons. The number of nitro benzene ring substituents is 1. The molecule has 8 nitrogen and oxygen atoms in total. The van der Waals surface area contributed by atoms with E-state index in [9.17, 15) is 19.7 Å². The molecule has 2 rings (SSSR count). The molecule has 1 aromatic carbocycles. The molecular formula is C11H10N2O6. The van der Waals surface area contributed by atoms with E-state index in [2.05, 4.69) is 4.74 Å². The highest BCUT2D eigenvalue weighted by atomic mass is 16.6. The van der Waals surface area contributed by atoms with Crippen LogP contribution in [0.25, 0.3) is 0 Å².